The van der Waals surface area contributed by atoms with Gasteiger partial charge in [-0.3, -0.25) is 4.79 Å². The van der Waals surface area contributed by atoms with E-state index in [-0.39, 0.29) is 6.42 Å². The normalized spacial score (nSPS) is 15.0. The van der Waals surface area contributed by atoms with Crippen LogP contribution in [0.25, 0.3) is 0 Å². The number of aliphatic carboxylic acids is 1. The molecule has 0 atom stereocenters. The van der Waals surface area contributed by atoms with E-state index in [9.17, 15) is 9.18 Å². The maximum atomic E-state index is 12.9. The van der Waals surface area contributed by atoms with Crippen LogP contribution in [-0.4, -0.2) is 17.1 Å². The van der Waals surface area contributed by atoms with Crippen LogP contribution in [0.1, 0.15) is 18.4 Å². The number of benzene rings is 1. The van der Waals surface area contributed by atoms with Crippen molar-refractivity contribution in [1.29, 1.82) is 0 Å². The molecule has 80 valence electrons. The van der Waals surface area contributed by atoms with E-state index in [2.05, 4.69) is 5.32 Å². The maximum absolute atomic E-state index is 12.9. The summed E-state index contributed by atoms with van der Waals surface area (Å²) in [5.41, 5.74) is 1.25. The predicted octanol–water partition coefficient (Wildman–Crippen LogP) is 2.03. The molecule has 0 aliphatic heterocycles. The molecule has 0 amide bonds. The van der Waals surface area contributed by atoms with Crippen molar-refractivity contribution in [1.82, 2.24) is 0 Å². The predicted molar refractivity (Wildman–Crippen MR) is 54.4 cm³/mol. The molecule has 1 fully saturated rings. The molecule has 0 spiro atoms. The lowest BCUT2D eigenvalue weighted by atomic mass is 10.1. The van der Waals surface area contributed by atoms with Crippen molar-refractivity contribution in [3.8, 4) is 0 Å². The molecular formula is C11H12FNO2. The lowest BCUT2D eigenvalue weighted by Crippen LogP contribution is -2.08. The molecule has 2 N–H and O–H groups in total. The first-order chi connectivity index (χ1) is 7.15. The molecule has 15 heavy (non-hydrogen) atoms. The number of halogens is 1. The Morgan fingerprint density at radius 3 is 2.87 bits per heavy atom. The number of hydrogen-bond donors (Lipinski definition) is 2. The second-order valence-electron chi connectivity index (χ2n) is 3.79. The van der Waals surface area contributed by atoms with Crippen LogP contribution < -0.4 is 5.32 Å². The molecule has 0 aromatic heterocycles. The molecule has 0 bridgehead atoms. The molecule has 1 aliphatic carbocycles. The van der Waals surface area contributed by atoms with Crippen molar-refractivity contribution >= 4 is 11.7 Å². The van der Waals surface area contributed by atoms with E-state index in [4.69, 9.17) is 5.11 Å². The third kappa shape index (κ3) is 2.68. The van der Waals surface area contributed by atoms with Crippen LogP contribution in [-0.2, 0) is 11.2 Å². The first kappa shape index (κ1) is 9.96. The van der Waals surface area contributed by atoms with Crippen LogP contribution in [0.3, 0.4) is 0 Å². The van der Waals surface area contributed by atoms with Gasteiger partial charge in [0.15, 0.2) is 0 Å². The highest BCUT2D eigenvalue weighted by molar-refractivity contribution is 5.73. The van der Waals surface area contributed by atoms with Gasteiger partial charge in [-0.15, -0.1) is 0 Å². The number of rotatable bonds is 4. The minimum Gasteiger partial charge on any atom is -0.481 e. The van der Waals surface area contributed by atoms with Gasteiger partial charge in [-0.2, -0.15) is 0 Å². The summed E-state index contributed by atoms with van der Waals surface area (Å²) in [5.74, 6) is -1.34. The van der Waals surface area contributed by atoms with Gasteiger partial charge in [-0.05, 0) is 36.6 Å². The topological polar surface area (TPSA) is 49.3 Å². The number of hydrogen-bond acceptors (Lipinski definition) is 2. The lowest BCUT2D eigenvalue weighted by molar-refractivity contribution is -0.136. The van der Waals surface area contributed by atoms with Gasteiger partial charge in [0, 0.05) is 11.7 Å². The molecule has 0 saturated heterocycles. The summed E-state index contributed by atoms with van der Waals surface area (Å²) in [7, 11) is 0. The Kier molecular flexibility index (Phi) is 2.58. The molecule has 1 aliphatic rings. The van der Waals surface area contributed by atoms with Gasteiger partial charge in [0.2, 0.25) is 0 Å². The van der Waals surface area contributed by atoms with E-state index in [0.717, 1.165) is 18.5 Å². The summed E-state index contributed by atoms with van der Waals surface area (Å²) in [5, 5.41) is 11.9. The average Bonchev–Trinajstić information content (AvgIpc) is 2.92. The zero-order chi connectivity index (χ0) is 10.8. The fraction of sp³-hybridized carbons (Fsp3) is 0.364. The van der Waals surface area contributed by atoms with Crippen LogP contribution in [0, 0.1) is 5.82 Å². The summed E-state index contributed by atoms with van der Waals surface area (Å²) in [6.07, 6.45) is 2.06. The Balaban J connectivity index is 2.21. The van der Waals surface area contributed by atoms with Gasteiger partial charge in [-0.25, -0.2) is 4.39 Å². The molecule has 1 aromatic rings. The minimum atomic E-state index is -0.945. The van der Waals surface area contributed by atoms with E-state index in [0.29, 0.717) is 11.6 Å². The molecule has 1 aromatic carbocycles. The molecule has 2 rings (SSSR count). The SMILES string of the molecule is O=C(O)Cc1cc(F)ccc1NC1CC1. The van der Waals surface area contributed by atoms with Gasteiger partial charge in [0.1, 0.15) is 5.82 Å². The van der Waals surface area contributed by atoms with E-state index >= 15 is 0 Å². The van der Waals surface area contributed by atoms with Gasteiger partial charge in [0.05, 0.1) is 6.42 Å². The minimum absolute atomic E-state index is 0.146. The fourth-order valence-electron chi connectivity index (χ4n) is 1.46. The Labute approximate surface area is 86.9 Å². The second kappa shape index (κ2) is 3.88. The summed E-state index contributed by atoms with van der Waals surface area (Å²) >= 11 is 0. The zero-order valence-corrected chi connectivity index (χ0v) is 8.16. The van der Waals surface area contributed by atoms with Crippen LogP contribution in [0.4, 0.5) is 10.1 Å². The smallest absolute Gasteiger partial charge is 0.307 e. The van der Waals surface area contributed by atoms with Crippen molar-refractivity contribution in [2.24, 2.45) is 0 Å². The largest absolute Gasteiger partial charge is 0.481 e. The molecular weight excluding hydrogens is 197 g/mol. The number of carboxylic acid groups (broad SMARTS) is 1. The first-order valence-electron chi connectivity index (χ1n) is 4.92. The quantitative estimate of drug-likeness (QED) is 0.797. The molecule has 0 radical (unpaired) electrons. The summed E-state index contributed by atoms with van der Waals surface area (Å²) < 4.78 is 12.9. The van der Waals surface area contributed by atoms with Crippen molar-refractivity contribution in [3.05, 3.63) is 29.6 Å². The number of nitrogens with one attached hydrogen (secondary N) is 1. The lowest BCUT2D eigenvalue weighted by Gasteiger charge is -2.09. The number of carbonyl (C=O) groups is 1. The highest BCUT2D eigenvalue weighted by atomic mass is 19.1. The summed E-state index contributed by atoms with van der Waals surface area (Å²) in [6, 6.07) is 4.66. The number of carboxylic acids is 1. The Morgan fingerprint density at radius 1 is 1.53 bits per heavy atom. The monoisotopic (exact) mass is 209 g/mol. The standard InChI is InChI=1S/C11H12FNO2/c12-8-1-4-10(13-9-2-3-9)7(5-8)6-11(14)15/h1,4-5,9,13H,2-3,6H2,(H,14,15). The third-order valence-corrected chi connectivity index (χ3v) is 2.35. The van der Waals surface area contributed by atoms with Crippen molar-refractivity contribution < 1.29 is 14.3 Å². The first-order valence-corrected chi connectivity index (χ1v) is 4.92. The molecule has 1 saturated carbocycles. The van der Waals surface area contributed by atoms with Crippen molar-refractivity contribution in [3.63, 3.8) is 0 Å². The van der Waals surface area contributed by atoms with Crippen molar-refractivity contribution in [2.45, 2.75) is 25.3 Å². The van der Waals surface area contributed by atoms with Gasteiger partial charge in [-0.1, -0.05) is 0 Å². The molecule has 4 heteroatoms. The Morgan fingerprint density at radius 2 is 2.27 bits per heavy atom. The van der Waals surface area contributed by atoms with E-state index in [1.54, 1.807) is 6.07 Å². The van der Waals surface area contributed by atoms with Crippen molar-refractivity contribution in [2.75, 3.05) is 5.32 Å². The van der Waals surface area contributed by atoms with E-state index < -0.39 is 11.8 Å². The molecule has 0 heterocycles. The zero-order valence-electron chi connectivity index (χ0n) is 8.16. The molecule has 3 nitrogen and oxygen atoms in total. The summed E-state index contributed by atoms with van der Waals surface area (Å²) in [6.45, 7) is 0. The van der Waals surface area contributed by atoms with E-state index in [1.165, 1.54) is 12.1 Å². The Hall–Kier alpha value is -1.58. The Bertz CT molecular complexity index is 388. The van der Waals surface area contributed by atoms with Gasteiger partial charge >= 0.3 is 5.97 Å². The summed E-state index contributed by atoms with van der Waals surface area (Å²) in [4.78, 5) is 10.6. The molecule has 0 unspecified atom stereocenters. The van der Waals surface area contributed by atoms with Crippen LogP contribution in [0.15, 0.2) is 18.2 Å². The van der Waals surface area contributed by atoms with Crippen LogP contribution >= 0.6 is 0 Å². The van der Waals surface area contributed by atoms with E-state index in [1.807, 2.05) is 0 Å². The van der Waals surface area contributed by atoms with Crippen LogP contribution in [0.5, 0.6) is 0 Å². The van der Waals surface area contributed by atoms with Crippen LogP contribution in [0.2, 0.25) is 0 Å². The second-order valence-corrected chi connectivity index (χ2v) is 3.79. The van der Waals surface area contributed by atoms with Gasteiger partial charge in [0.25, 0.3) is 0 Å². The van der Waals surface area contributed by atoms with Gasteiger partial charge < -0.3 is 10.4 Å². The average molecular weight is 209 g/mol. The highest BCUT2D eigenvalue weighted by Crippen LogP contribution is 2.27. The maximum Gasteiger partial charge on any atom is 0.307 e. The fourth-order valence-corrected chi connectivity index (χ4v) is 1.46. The number of anilines is 1. The third-order valence-electron chi connectivity index (χ3n) is 2.35. The highest BCUT2D eigenvalue weighted by Gasteiger charge is 2.22.